The summed E-state index contributed by atoms with van der Waals surface area (Å²) in [5.41, 5.74) is 4.82. The van der Waals surface area contributed by atoms with E-state index < -0.39 is 0 Å². The summed E-state index contributed by atoms with van der Waals surface area (Å²) in [6, 6.07) is 10.3. The minimum atomic E-state index is -0.130. The van der Waals surface area contributed by atoms with Crippen LogP contribution < -0.4 is 10.6 Å². The zero-order chi connectivity index (χ0) is 15.5. The lowest BCUT2D eigenvalue weighted by molar-refractivity contribution is 0.233. The molecule has 4 heteroatoms. The number of carbonyl (C=O) groups excluding carboxylic acids is 1. The van der Waals surface area contributed by atoms with E-state index in [1.54, 1.807) is 12.4 Å². The molecule has 1 aliphatic carbocycles. The molecule has 0 aliphatic heterocycles. The molecular formula is C18H21N3O. The topological polar surface area (TPSA) is 54.0 Å². The van der Waals surface area contributed by atoms with E-state index in [0.717, 1.165) is 12.0 Å². The number of fused-ring (bicyclic) bond motifs is 1. The van der Waals surface area contributed by atoms with Crippen LogP contribution in [0.4, 0.5) is 4.79 Å². The van der Waals surface area contributed by atoms with Crippen LogP contribution in [0, 0.1) is 12.8 Å². The minimum absolute atomic E-state index is 0.0869. The first kappa shape index (κ1) is 14.6. The van der Waals surface area contributed by atoms with Crippen LogP contribution in [0.3, 0.4) is 0 Å². The Bertz CT molecular complexity index is 669. The summed E-state index contributed by atoms with van der Waals surface area (Å²) in [7, 11) is 0. The van der Waals surface area contributed by atoms with Crippen molar-refractivity contribution in [2.24, 2.45) is 5.92 Å². The van der Waals surface area contributed by atoms with E-state index in [-0.39, 0.29) is 12.1 Å². The highest BCUT2D eigenvalue weighted by Gasteiger charge is 2.30. The number of urea groups is 1. The SMILES string of the molecule is Cc1ccc2c(c1)[C@H](NC(=O)NCc1cccnc1)[C@@H](C)C2. The van der Waals surface area contributed by atoms with Gasteiger partial charge in [0, 0.05) is 18.9 Å². The summed E-state index contributed by atoms with van der Waals surface area (Å²) in [5, 5.41) is 6.01. The molecule has 0 saturated carbocycles. The minimum Gasteiger partial charge on any atom is -0.334 e. The van der Waals surface area contributed by atoms with Crippen molar-refractivity contribution in [2.75, 3.05) is 0 Å². The first-order chi connectivity index (χ1) is 10.6. The van der Waals surface area contributed by atoms with Crippen LogP contribution >= 0.6 is 0 Å². The molecule has 0 unspecified atom stereocenters. The number of amides is 2. The molecule has 2 atom stereocenters. The molecule has 4 nitrogen and oxygen atoms in total. The van der Waals surface area contributed by atoms with Gasteiger partial charge >= 0.3 is 6.03 Å². The fraction of sp³-hybridized carbons (Fsp3) is 0.333. The quantitative estimate of drug-likeness (QED) is 0.914. The van der Waals surface area contributed by atoms with Crippen molar-refractivity contribution in [2.45, 2.75) is 32.9 Å². The van der Waals surface area contributed by atoms with E-state index in [1.165, 1.54) is 16.7 Å². The lowest BCUT2D eigenvalue weighted by atomic mass is 10.0. The standard InChI is InChI=1S/C18H21N3O/c1-12-5-6-15-9-13(2)17(16(15)8-12)21-18(22)20-11-14-4-3-7-19-10-14/h3-8,10,13,17H,9,11H2,1-2H3,(H2,20,21,22)/t13-,17+/m0/s1. The van der Waals surface area contributed by atoms with Gasteiger partial charge in [0.05, 0.1) is 6.04 Å². The van der Waals surface area contributed by atoms with E-state index in [4.69, 9.17) is 0 Å². The predicted octanol–water partition coefficient (Wildman–Crippen LogP) is 3.12. The van der Waals surface area contributed by atoms with Crippen molar-refractivity contribution >= 4 is 6.03 Å². The third-order valence-electron chi connectivity index (χ3n) is 4.21. The molecule has 3 rings (SSSR count). The van der Waals surface area contributed by atoms with Crippen LogP contribution in [0.5, 0.6) is 0 Å². The maximum atomic E-state index is 12.2. The maximum absolute atomic E-state index is 12.2. The van der Waals surface area contributed by atoms with Gasteiger partial charge in [-0.25, -0.2) is 4.79 Å². The number of pyridine rings is 1. The monoisotopic (exact) mass is 295 g/mol. The van der Waals surface area contributed by atoms with Crippen LogP contribution in [0.2, 0.25) is 0 Å². The largest absolute Gasteiger partial charge is 0.334 e. The molecule has 1 heterocycles. The predicted molar refractivity (Wildman–Crippen MR) is 86.4 cm³/mol. The number of hydrogen-bond acceptors (Lipinski definition) is 2. The van der Waals surface area contributed by atoms with Gasteiger partial charge in [-0.05, 0) is 42.0 Å². The zero-order valence-electron chi connectivity index (χ0n) is 13.0. The van der Waals surface area contributed by atoms with Crippen LogP contribution in [-0.2, 0) is 13.0 Å². The first-order valence-electron chi connectivity index (χ1n) is 7.66. The first-order valence-corrected chi connectivity index (χ1v) is 7.66. The number of nitrogens with one attached hydrogen (secondary N) is 2. The molecule has 2 amide bonds. The van der Waals surface area contributed by atoms with Gasteiger partial charge in [0.25, 0.3) is 0 Å². The van der Waals surface area contributed by atoms with Crippen molar-refractivity contribution in [3.05, 3.63) is 65.0 Å². The Morgan fingerprint density at radius 1 is 1.36 bits per heavy atom. The smallest absolute Gasteiger partial charge is 0.315 e. The van der Waals surface area contributed by atoms with Crippen LogP contribution in [0.25, 0.3) is 0 Å². The molecule has 0 saturated heterocycles. The lowest BCUT2D eigenvalue weighted by Gasteiger charge is -2.19. The zero-order valence-corrected chi connectivity index (χ0v) is 13.0. The summed E-state index contributed by atoms with van der Waals surface area (Å²) in [6.07, 6.45) is 4.50. The number of aromatic nitrogens is 1. The third kappa shape index (κ3) is 3.11. The van der Waals surface area contributed by atoms with Gasteiger partial charge < -0.3 is 10.6 Å². The molecule has 0 radical (unpaired) electrons. The Kier molecular flexibility index (Phi) is 4.09. The highest BCUT2D eigenvalue weighted by atomic mass is 16.2. The molecule has 0 fully saturated rings. The number of aryl methyl sites for hydroxylation is 1. The van der Waals surface area contributed by atoms with E-state index in [0.29, 0.717) is 12.5 Å². The van der Waals surface area contributed by atoms with Crippen LogP contribution in [0.15, 0.2) is 42.7 Å². The molecule has 1 aromatic heterocycles. The molecule has 1 aromatic carbocycles. The molecule has 0 spiro atoms. The second-order valence-corrected chi connectivity index (χ2v) is 6.05. The van der Waals surface area contributed by atoms with Gasteiger partial charge in [0.15, 0.2) is 0 Å². The number of benzene rings is 1. The molecular weight excluding hydrogens is 274 g/mol. The number of hydrogen-bond donors (Lipinski definition) is 2. The number of carbonyl (C=O) groups is 1. The number of rotatable bonds is 3. The Hall–Kier alpha value is -2.36. The van der Waals surface area contributed by atoms with Gasteiger partial charge in [0.1, 0.15) is 0 Å². The molecule has 1 aliphatic rings. The Morgan fingerprint density at radius 3 is 3.00 bits per heavy atom. The second kappa shape index (κ2) is 6.18. The van der Waals surface area contributed by atoms with Gasteiger partial charge in [-0.3, -0.25) is 4.98 Å². The summed E-state index contributed by atoms with van der Waals surface area (Å²) in [5.74, 6) is 0.418. The van der Waals surface area contributed by atoms with Gasteiger partial charge in [-0.15, -0.1) is 0 Å². The third-order valence-corrected chi connectivity index (χ3v) is 4.21. The van der Waals surface area contributed by atoms with E-state index in [9.17, 15) is 4.79 Å². The van der Waals surface area contributed by atoms with E-state index >= 15 is 0 Å². The summed E-state index contributed by atoms with van der Waals surface area (Å²) >= 11 is 0. The average molecular weight is 295 g/mol. The summed E-state index contributed by atoms with van der Waals surface area (Å²) in [6.45, 7) is 4.76. The Labute approximate surface area is 131 Å². The number of nitrogens with zero attached hydrogens (tertiary/aromatic N) is 1. The average Bonchev–Trinajstić information content (AvgIpc) is 2.82. The molecule has 2 N–H and O–H groups in total. The van der Waals surface area contributed by atoms with Crippen molar-refractivity contribution in [1.29, 1.82) is 0 Å². The fourth-order valence-corrected chi connectivity index (χ4v) is 3.06. The van der Waals surface area contributed by atoms with E-state index in [1.807, 2.05) is 12.1 Å². The molecule has 114 valence electrons. The van der Waals surface area contributed by atoms with Gasteiger partial charge in [-0.1, -0.05) is 36.8 Å². The highest BCUT2D eigenvalue weighted by molar-refractivity contribution is 5.74. The fourth-order valence-electron chi connectivity index (χ4n) is 3.06. The van der Waals surface area contributed by atoms with Gasteiger partial charge in [-0.2, -0.15) is 0 Å². The van der Waals surface area contributed by atoms with Crippen molar-refractivity contribution in [3.63, 3.8) is 0 Å². The summed E-state index contributed by atoms with van der Waals surface area (Å²) in [4.78, 5) is 16.2. The van der Waals surface area contributed by atoms with Crippen molar-refractivity contribution < 1.29 is 4.79 Å². The molecule has 22 heavy (non-hydrogen) atoms. The summed E-state index contributed by atoms with van der Waals surface area (Å²) < 4.78 is 0. The highest BCUT2D eigenvalue weighted by Crippen LogP contribution is 2.36. The Balaban J connectivity index is 1.63. The maximum Gasteiger partial charge on any atom is 0.315 e. The van der Waals surface area contributed by atoms with E-state index in [2.05, 4.69) is 47.7 Å². The Morgan fingerprint density at radius 2 is 2.23 bits per heavy atom. The molecule has 2 aromatic rings. The lowest BCUT2D eigenvalue weighted by Crippen LogP contribution is -2.38. The normalized spacial score (nSPS) is 19.5. The van der Waals surface area contributed by atoms with Crippen molar-refractivity contribution in [3.8, 4) is 0 Å². The van der Waals surface area contributed by atoms with Crippen molar-refractivity contribution in [1.82, 2.24) is 15.6 Å². The second-order valence-electron chi connectivity index (χ2n) is 6.05. The molecule has 0 bridgehead atoms. The van der Waals surface area contributed by atoms with Gasteiger partial charge in [0.2, 0.25) is 0 Å². The van der Waals surface area contributed by atoms with Crippen LogP contribution in [0.1, 0.15) is 35.2 Å². The van der Waals surface area contributed by atoms with Crippen LogP contribution in [-0.4, -0.2) is 11.0 Å².